The maximum atomic E-state index is 11.0. The molecule has 3 N–H and O–H groups in total. The summed E-state index contributed by atoms with van der Waals surface area (Å²) >= 11 is 0. The van der Waals surface area contributed by atoms with E-state index in [0.29, 0.717) is 0 Å². The molecule has 0 heterocycles. The third-order valence-corrected chi connectivity index (χ3v) is 2.12. The summed E-state index contributed by atoms with van der Waals surface area (Å²) in [4.78, 5) is 21.8. The number of aliphatic carboxylic acids is 1. The van der Waals surface area contributed by atoms with Gasteiger partial charge in [0.15, 0.2) is 11.5 Å². The molecule has 6 nitrogen and oxygen atoms in total. The largest absolute Gasteiger partial charge is 0.504 e. The van der Waals surface area contributed by atoms with Gasteiger partial charge in [0.1, 0.15) is 0 Å². The average molecular weight is 266 g/mol. The van der Waals surface area contributed by atoms with E-state index in [2.05, 4.69) is 0 Å². The van der Waals surface area contributed by atoms with Gasteiger partial charge in [-0.3, -0.25) is 0 Å². The van der Waals surface area contributed by atoms with Crippen molar-refractivity contribution in [1.82, 2.24) is 0 Å². The maximum Gasteiger partial charge on any atom is 0.371 e. The highest BCUT2D eigenvalue weighted by atomic mass is 16.5. The van der Waals surface area contributed by atoms with E-state index in [0.717, 1.165) is 12.1 Å². The fourth-order valence-electron chi connectivity index (χ4n) is 1.30. The van der Waals surface area contributed by atoms with Crippen molar-refractivity contribution < 1.29 is 29.6 Å². The van der Waals surface area contributed by atoms with Crippen molar-refractivity contribution in [2.24, 2.45) is 5.92 Å². The van der Waals surface area contributed by atoms with Gasteiger partial charge in [-0.1, -0.05) is 13.8 Å². The molecule has 0 aromatic heterocycles. The molecule has 0 bridgehead atoms. The third kappa shape index (κ3) is 4.02. The van der Waals surface area contributed by atoms with E-state index < -0.39 is 11.9 Å². The number of benzene rings is 1. The molecule has 102 valence electrons. The van der Waals surface area contributed by atoms with Crippen molar-refractivity contribution >= 4 is 11.9 Å². The minimum absolute atomic E-state index is 0.0732. The van der Waals surface area contributed by atoms with E-state index in [1.807, 2.05) is 0 Å². The van der Waals surface area contributed by atoms with Gasteiger partial charge in [-0.25, -0.2) is 9.59 Å². The van der Waals surface area contributed by atoms with Gasteiger partial charge in [0, 0.05) is 0 Å². The number of aromatic carboxylic acids is 1. The van der Waals surface area contributed by atoms with E-state index >= 15 is 0 Å². The van der Waals surface area contributed by atoms with E-state index in [1.165, 1.54) is 12.1 Å². The van der Waals surface area contributed by atoms with Crippen LogP contribution in [0.3, 0.4) is 0 Å². The van der Waals surface area contributed by atoms with Crippen LogP contribution in [0.25, 0.3) is 0 Å². The lowest BCUT2D eigenvalue weighted by atomic mass is 10.2. The van der Waals surface area contributed by atoms with Crippen LogP contribution in [0.2, 0.25) is 0 Å². The Labute approximate surface area is 109 Å². The van der Waals surface area contributed by atoms with Crippen LogP contribution in [0.1, 0.15) is 24.2 Å². The Morgan fingerprint density at radius 1 is 1.26 bits per heavy atom. The Balaban J connectivity index is 3.12. The minimum Gasteiger partial charge on any atom is -0.504 e. The highest BCUT2D eigenvalue weighted by Crippen LogP contribution is 2.28. The van der Waals surface area contributed by atoms with Crippen LogP contribution in [-0.2, 0) is 4.79 Å². The minimum atomic E-state index is -1.30. The van der Waals surface area contributed by atoms with E-state index in [1.54, 1.807) is 13.8 Å². The van der Waals surface area contributed by atoms with E-state index in [-0.39, 0.29) is 28.7 Å². The maximum absolute atomic E-state index is 11.0. The van der Waals surface area contributed by atoms with E-state index in [9.17, 15) is 14.7 Å². The highest BCUT2D eigenvalue weighted by molar-refractivity contribution is 5.89. The number of phenols is 1. The topological polar surface area (TPSA) is 104 Å². The third-order valence-electron chi connectivity index (χ3n) is 2.12. The van der Waals surface area contributed by atoms with Gasteiger partial charge in [-0.2, -0.15) is 0 Å². The zero-order valence-electron chi connectivity index (χ0n) is 10.5. The molecule has 0 radical (unpaired) electrons. The van der Waals surface area contributed by atoms with Crippen LogP contribution < -0.4 is 4.74 Å². The van der Waals surface area contributed by atoms with Crippen molar-refractivity contribution in [2.45, 2.75) is 13.8 Å². The summed E-state index contributed by atoms with van der Waals surface area (Å²) in [6.45, 7) is 3.53. The SMILES string of the molecule is CC(C)/C=C(/Oc1cc(C(=O)O)ccc1O)C(=O)O. The van der Waals surface area contributed by atoms with Crippen molar-refractivity contribution in [1.29, 1.82) is 0 Å². The molecule has 0 spiro atoms. The average Bonchev–Trinajstić information content (AvgIpc) is 2.29. The number of rotatable bonds is 5. The first-order valence-corrected chi connectivity index (χ1v) is 5.50. The monoisotopic (exact) mass is 266 g/mol. The lowest BCUT2D eigenvalue weighted by Gasteiger charge is -2.09. The van der Waals surface area contributed by atoms with Crippen molar-refractivity contribution in [3.8, 4) is 11.5 Å². The van der Waals surface area contributed by atoms with Gasteiger partial charge in [0.2, 0.25) is 5.76 Å². The molecule has 0 aliphatic heterocycles. The number of hydrogen-bond donors (Lipinski definition) is 3. The molecule has 1 aromatic rings. The molecule has 6 heteroatoms. The van der Waals surface area contributed by atoms with Crippen LogP contribution in [0.4, 0.5) is 0 Å². The number of carboxylic acids is 2. The van der Waals surface area contributed by atoms with Crippen LogP contribution in [0.15, 0.2) is 30.0 Å². The van der Waals surface area contributed by atoms with Crippen LogP contribution in [0.5, 0.6) is 11.5 Å². The molecule has 0 amide bonds. The number of aromatic hydroxyl groups is 1. The number of phenolic OH excluding ortho intramolecular Hbond substituents is 1. The molecule has 19 heavy (non-hydrogen) atoms. The number of hydrogen-bond acceptors (Lipinski definition) is 4. The molecule has 1 aromatic carbocycles. The van der Waals surface area contributed by atoms with Gasteiger partial charge in [0.25, 0.3) is 0 Å². The summed E-state index contributed by atoms with van der Waals surface area (Å²) in [6.07, 6.45) is 1.36. The fourth-order valence-corrected chi connectivity index (χ4v) is 1.30. The Kier molecular flexibility index (Phi) is 4.52. The Hall–Kier alpha value is -2.50. The highest BCUT2D eigenvalue weighted by Gasteiger charge is 2.15. The van der Waals surface area contributed by atoms with Crippen LogP contribution in [0, 0.1) is 5.92 Å². The normalized spacial score (nSPS) is 11.4. The first-order valence-electron chi connectivity index (χ1n) is 5.50. The second-order valence-corrected chi connectivity index (χ2v) is 4.17. The molecule has 0 saturated heterocycles. The second kappa shape index (κ2) is 5.90. The molecule has 0 unspecified atom stereocenters. The van der Waals surface area contributed by atoms with Crippen molar-refractivity contribution in [3.05, 3.63) is 35.6 Å². The molecule has 1 rings (SSSR count). The number of allylic oxidation sites excluding steroid dienone is 1. The molecule has 0 atom stereocenters. The lowest BCUT2D eigenvalue weighted by Crippen LogP contribution is -2.09. The summed E-state index contributed by atoms with van der Waals surface area (Å²) in [5.74, 6) is -3.48. The van der Waals surface area contributed by atoms with Crippen LogP contribution in [-0.4, -0.2) is 27.3 Å². The molecular weight excluding hydrogens is 252 g/mol. The summed E-state index contributed by atoms with van der Waals surface area (Å²) in [6, 6.07) is 3.39. The molecule has 0 saturated carbocycles. The summed E-state index contributed by atoms with van der Waals surface area (Å²) in [7, 11) is 0. The first kappa shape index (κ1) is 14.6. The second-order valence-electron chi connectivity index (χ2n) is 4.17. The van der Waals surface area contributed by atoms with Gasteiger partial charge in [0.05, 0.1) is 5.56 Å². The van der Waals surface area contributed by atoms with Crippen molar-refractivity contribution in [2.75, 3.05) is 0 Å². The first-order chi connectivity index (χ1) is 8.81. The summed E-state index contributed by atoms with van der Waals surface area (Å²) in [5, 5.41) is 27.3. The Bertz CT molecular complexity index is 530. The van der Waals surface area contributed by atoms with Gasteiger partial charge in [-0.05, 0) is 30.2 Å². The van der Waals surface area contributed by atoms with Crippen LogP contribution >= 0.6 is 0 Å². The van der Waals surface area contributed by atoms with Gasteiger partial charge >= 0.3 is 11.9 Å². The fraction of sp³-hybridized carbons (Fsp3) is 0.231. The summed E-state index contributed by atoms with van der Waals surface area (Å²) < 4.78 is 5.06. The Morgan fingerprint density at radius 3 is 2.37 bits per heavy atom. The Morgan fingerprint density at radius 2 is 1.89 bits per heavy atom. The zero-order valence-corrected chi connectivity index (χ0v) is 10.5. The zero-order chi connectivity index (χ0) is 14.6. The molecular formula is C13H14O6. The lowest BCUT2D eigenvalue weighted by molar-refractivity contribution is -0.135. The molecule has 0 aliphatic carbocycles. The predicted octanol–water partition coefficient (Wildman–Crippen LogP) is 2.09. The van der Waals surface area contributed by atoms with Gasteiger partial charge in [-0.15, -0.1) is 0 Å². The van der Waals surface area contributed by atoms with Gasteiger partial charge < -0.3 is 20.1 Å². The number of carbonyl (C=O) groups is 2. The standard InChI is InChI=1S/C13H14O6/c1-7(2)5-11(13(17)18)19-10-6-8(12(15)16)3-4-9(10)14/h3-7,14H,1-2H3,(H,15,16)(H,17,18)/b11-5+. The number of carboxylic acid groups (broad SMARTS) is 2. The summed E-state index contributed by atoms with van der Waals surface area (Å²) in [5.41, 5.74) is -0.109. The molecule has 0 aliphatic rings. The van der Waals surface area contributed by atoms with Crippen molar-refractivity contribution in [3.63, 3.8) is 0 Å². The quantitative estimate of drug-likeness (QED) is 0.557. The molecule has 0 fully saturated rings. The predicted molar refractivity (Wildman–Crippen MR) is 66.3 cm³/mol. The number of ether oxygens (including phenoxy) is 1. The smallest absolute Gasteiger partial charge is 0.371 e. The van der Waals surface area contributed by atoms with E-state index in [4.69, 9.17) is 14.9 Å².